The number of benzene rings is 1. The number of nitrogens with zero attached hydrogens (tertiary/aromatic N) is 2. The summed E-state index contributed by atoms with van der Waals surface area (Å²) < 4.78 is 18.9. The number of hydrogen-bond donors (Lipinski definition) is 1. The predicted molar refractivity (Wildman–Crippen MR) is 69.3 cm³/mol. The zero-order chi connectivity index (χ0) is 13.2. The third-order valence-corrected chi connectivity index (χ3v) is 3.56. The predicted octanol–water partition coefficient (Wildman–Crippen LogP) is 3.34. The second kappa shape index (κ2) is 5.27. The van der Waals surface area contributed by atoms with E-state index in [4.69, 9.17) is 16.1 Å². The van der Waals surface area contributed by atoms with E-state index in [-0.39, 0.29) is 22.5 Å². The van der Waals surface area contributed by atoms with Crippen molar-refractivity contribution in [2.45, 2.75) is 25.3 Å². The summed E-state index contributed by atoms with van der Waals surface area (Å²) in [6, 6.07) is 4.55. The van der Waals surface area contributed by atoms with Crippen LogP contribution in [0.15, 0.2) is 22.7 Å². The fraction of sp³-hybridized carbons (Fsp3) is 0.385. The molecule has 1 atom stereocenters. The minimum absolute atomic E-state index is 0.0804. The molecule has 2 aromatic rings. The van der Waals surface area contributed by atoms with Crippen molar-refractivity contribution >= 4 is 11.6 Å². The van der Waals surface area contributed by atoms with Crippen LogP contribution < -0.4 is 5.32 Å². The maximum absolute atomic E-state index is 13.8. The zero-order valence-corrected chi connectivity index (χ0v) is 11.0. The van der Waals surface area contributed by atoms with E-state index in [0.29, 0.717) is 5.82 Å². The molecule has 1 N–H and O–H groups in total. The fourth-order valence-corrected chi connectivity index (χ4v) is 2.50. The van der Waals surface area contributed by atoms with Crippen molar-refractivity contribution in [1.29, 1.82) is 0 Å². The van der Waals surface area contributed by atoms with Gasteiger partial charge < -0.3 is 9.84 Å². The van der Waals surface area contributed by atoms with Gasteiger partial charge in [0.2, 0.25) is 0 Å². The standard InChI is InChI=1S/C13H13ClFN3O/c14-8-4-3-5-9(15)11(8)13-17-12(18-19-13)10-6-1-2-7-16-10/h3-5,10,16H,1-2,6-7H2. The van der Waals surface area contributed by atoms with Crippen LogP contribution in [0.2, 0.25) is 5.02 Å². The number of hydrogen-bond acceptors (Lipinski definition) is 4. The highest BCUT2D eigenvalue weighted by Crippen LogP contribution is 2.30. The Kier molecular flexibility index (Phi) is 3.48. The van der Waals surface area contributed by atoms with Crippen LogP contribution in [0.25, 0.3) is 11.5 Å². The Hall–Kier alpha value is -1.46. The summed E-state index contributed by atoms with van der Waals surface area (Å²) in [6.07, 6.45) is 3.24. The molecule has 6 heteroatoms. The monoisotopic (exact) mass is 281 g/mol. The number of nitrogens with one attached hydrogen (secondary N) is 1. The van der Waals surface area contributed by atoms with Gasteiger partial charge in [-0.15, -0.1) is 0 Å². The molecule has 0 amide bonds. The molecule has 0 radical (unpaired) electrons. The molecule has 0 aliphatic carbocycles. The molecular weight excluding hydrogens is 269 g/mol. The molecule has 1 fully saturated rings. The van der Waals surface area contributed by atoms with Gasteiger partial charge in [-0.25, -0.2) is 4.39 Å². The Bertz CT molecular complexity index is 561. The van der Waals surface area contributed by atoms with Gasteiger partial charge in [-0.2, -0.15) is 4.98 Å². The van der Waals surface area contributed by atoms with Crippen LogP contribution in [0.3, 0.4) is 0 Å². The van der Waals surface area contributed by atoms with Crippen molar-refractivity contribution in [2.75, 3.05) is 6.54 Å². The lowest BCUT2D eigenvalue weighted by Gasteiger charge is -2.19. The lowest BCUT2D eigenvalue weighted by molar-refractivity contribution is 0.366. The Morgan fingerprint density at radius 3 is 3.00 bits per heavy atom. The molecular formula is C13H13ClFN3O. The van der Waals surface area contributed by atoms with E-state index in [9.17, 15) is 4.39 Å². The van der Waals surface area contributed by atoms with E-state index >= 15 is 0 Å². The van der Waals surface area contributed by atoms with E-state index in [1.807, 2.05) is 0 Å². The molecule has 19 heavy (non-hydrogen) atoms. The molecule has 100 valence electrons. The van der Waals surface area contributed by atoms with E-state index in [2.05, 4.69) is 15.5 Å². The lowest BCUT2D eigenvalue weighted by Crippen LogP contribution is -2.27. The normalized spacial score (nSPS) is 19.6. The number of rotatable bonds is 2. The SMILES string of the molecule is Fc1cccc(Cl)c1-c1nc(C2CCCCN2)no1. The minimum Gasteiger partial charge on any atom is -0.334 e. The van der Waals surface area contributed by atoms with Crippen LogP contribution in [0.4, 0.5) is 4.39 Å². The molecule has 1 aromatic heterocycles. The summed E-state index contributed by atoms with van der Waals surface area (Å²) in [5.74, 6) is 0.235. The van der Waals surface area contributed by atoms with Crippen LogP contribution in [-0.2, 0) is 0 Å². The van der Waals surface area contributed by atoms with Crippen molar-refractivity contribution in [3.63, 3.8) is 0 Å². The summed E-state index contributed by atoms with van der Waals surface area (Å²) in [5, 5.41) is 7.51. The van der Waals surface area contributed by atoms with Crippen molar-refractivity contribution < 1.29 is 8.91 Å². The van der Waals surface area contributed by atoms with Crippen LogP contribution in [0, 0.1) is 5.82 Å². The first-order chi connectivity index (χ1) is 9.25. The van der Waals surface area contributed by atoms with Crippen LogP contribution in [-0.4, -0.2) is 16.7 Å². The van der Waals surface area contributed by atoms with E-state index < -0.39 is 5.82 Å². The molecule has 4 nitrogen and oxygen atoms in total. The van der Waals surface area contributed by atoms with Crippen LogP contribution in [0.5, 0.6) is 0 Å². The zero-order valence-electron chi connectivity index (χ0n) is 10.2. The highest BCUT2D eigenvalue weighted by atomic mass is 35.5. The van der Waals surface area contributed by atoms with E-state index in [0.717, 1.165) is 25.8 Å². The topological polar surface area (TPSA) is 51.0 Å². The molecule has 0 bridgehead atoms. The smallest absolute Gasteiger partial charge is 0.262 e. The largest absolute Gasteiger partial charge is 0.334 e. The maximum atomic E-state index is 13.8. The highest BCUT2D eigenvalue weighted by Gasteiger charge is 2.22. The first-order valence-corrected chi connectivity index (χ1v) is 6.65. The Balaban J connectivity index is 1.92. The summed E-state index contributed by atoms with van der Waals surface area (Å²) in [6.45, 7) is 0.939. The van der Waals surface area contributed by atoms with Crippen LogP contribution in [0.1, 0.15) is 31.1 Å². The molecule has 1 aliphatic rings. The van der Waals surface area contributed by atoms with Gasteiger partial charge in [0.15, 0.2) is 5.82 Å². The molecule has 1 aliphatic heterocycles. The van der Waals surface area contributed by atoms with Crippen LogP contribution >= 0.6 is 11.6 Å². The summed E-state index contributed by atoms with van der Waals surface area (Å²) in [5.41, 5.74) is 0.165. The number of halogens is 2. The van der Waals surface area contributed by atoms with Gasteiger partial charge in [-0.05, 0) is 31.5 Å². The van der Waals surface area contributed by atoms with Gasteiger partial charge in [0.25, 0.3) is 5.89 Å². The number of aromatic nitrogens is 2. The van der Waals surface area contributed by atoms with Crippen molar-refractivity contribution in [1.82, 2.24) is 15.5 Å². The van der Waals surface area contributed by atoms with Gasteiger partial charge in [-0.1, -0.05) is 29.2 Å². The van der Waals surface area contributed by atoms with Gasteiger partial charge in [0, 0.05) is 0 Å². The second-order valence-corrected chi connectivity index (χ2v) is 4.96. The minimum atomic E-state index is -0.459. The first kappa shape index (κ1) is 12.6. The van der Waals surface area contributed by atoms with Crippen molar-refractivity contribution in [3.8, 4) is 11.5 Å². The molecule has 2 heterocycles. The Morgan fingerprint density at radius 2 is 2.26 bits per heavy atom. The summed E-state index contributed by atoms with van der Waals surface area (Å²) in [4.78, 5) is 4.26. The molecule has 0 spiro atoms. The number of piperidine rings is 1. The fourth-order valence-electron chi connectivity index (χ4n) is 2.25. The van der Waals surface area contributed by atoms with Gasteiger partial charge in [0.05, 0.1) is 16.6 Å². The third-order valence-electron chi connectivity index (χ3n) is 3.24. The van der Waals surface area contributed by atoms with Gasteiger partial charge >= 0.3 is 0 Å². The molecule has 0 saturated carbocycles. The maximum Gasteiger partial charge on any atom is 0.262 e. The average molecular weight is 282 g/mol. The lowest BCUT2D eigenvalue weighted by atomic mass is 10.0. The highest BCUT2D eigenvalue weighted by molar-refractivity contribution is 6.33. The summed E-state index contributed by atoms with van der Waals surface area (Å²) >= 11 is 5.98. The third kappa shape index (κ3) is 2.48. The van der Waals surface area contributed by atoms with Crippen molar-refractivity contribution in [3.05, 3.63) is 34.9 Å². The average Bonchev–Trinajstić information content (AvgIpc) is 2.89. The van der Waals surface area contributed by atoms with Gasteiger partial charge in [0.1, 0.15) is 5.82 Å². The van der Waals surface area contributed by atoms with E-state index in [1.54, 1.807) is 12.1 Å². The second-order valence-electron chi connectivity index (χ2n) is 4.56. The van der Waals surface area contributed by atoms with Gasteiger partial charge in [-0.3, -0.25) is 0 Å². The summed E-state index contributed by atoms with van der Waals surface area (Å²) in [7, 11) is 0. The molecule has 3 rings (SSSR count). The molecule has 1 saturated heterocycles. The van der Waals surface area contributed by atoms with E-state index in [1.165, 1.54) is 6.07 Å². The Morgan fingerprint density at radius 1 is 1.37 bits per heavy atom. The first-order valence-electron chi connectivity index (χ1n) is 6.27. The molecule has 1 aromatic carbocycles. The van der Waals surface area contributed by atoms with Crippen molar-refractivity contribution in [2.24, 2.45) is 0 Å². The quantitative estimate of drug-likeness (QED) is 0.917. The molecule has 1 unspecified atom stereocenters. The Labute approximate surface area is 115 Å².